The first kappa shape index (κ1) is 32.7. The van der Waals surface area contributed by atoms with Crippen LogP contribution in [-0.4, -0.2) is 84.5 Å². The summed E-state index contributed by atoms with van der Waals surface area (Å²) < 4.78 is 245. The number of halogens is 17. The Morgan fingerprint density at radius 3 is 1.15 bits per heavy atom. The van der Waals surface area contributed by atoms with Crippen LogP contribution in [0.3, 0.4) is 0 Å². The van der Waals surface area contributed by atoms with Crippen molar-refractivity contribution in [3.63, 3.8) is 0 Å². The lowest BCUT2D eigenvalue weighted by Crippen LogP contribution is -2.76. The average Bonchev–Trinajstić information content (AvgIpc) is 2.63. The van der Waals surface area contributed by atoms with Crippen LogP contribution in [0.4, 0.5) is 74.6 Å². The second-order valence-electron chi connectivity index (χ2n) is 6.18. The molecule has 0 heterocycles. The molecule has 0 aliphatic heterocycles. The van der Waals surface area contributed by atoms with E-state index in [0.717, 1.165) is 0 Å². The smallest absolute Gasteiger partial charge is 0.395 e. The maximum atomic E-state index is 14.0. The Labute approximate surface area is 177 Å². The molecule has 0 aromatic heterocycles. The van der Waals surface area contributed by atoms with Gasteiger partial charge in [0.15, 0.2) is 0 Å². The molecular formula is C12H10F17NO3S. The van der Waals surface area contributed by atoms with Crippen LogP contribution in [0.2, 0.25) is 0 Å². The van der Waals surface area contributed by atoms with Crippen molar-refractivity contribution in [3.05, 3.63) is 0 Å². The van der Waals surface area contributed by atoms with E-state index in [4.69, 9.17) is 5.11 Å². The van der Waals surface area contributed by atoms with E-state index in [-0.39, 0.29) is 0 Å². The zero-order valence-corrected chi connectivity index (χ0v) is 16.5. The second-order valence-corrected chi connectivity index (χ2v) is 8.36. The number of aliphatic hydroxyl groups is 1. The van der Waals surface area contributed by atoms with Gasteiger partial charge in [-0.3, -0.25) is 0 Å². The first-order valence-corrected chi connectivity index (χ1v) is 9.44. The van der Waals surface area contributed by atoms with E-state index in [0.29, 0.717) is 6.92 Å². The molecule has 0 saturated heterocycles. The molecule has 0 fully saturated rings. The van der Waals surface area contributed by atoms with E-state index in [2.05, 4.69) is 0 Å². The molecule has 0 unspecified atom stereocenters. The summed E-state index contributed by atoms with van der Waals surface area (Å²) in [6, 6.07) is -7.27. The molecule has 0 spiro atoms. The highest BCUT2D eigenvalue weighted by atomic mass is 32.2. The minimum absolute atomic E-state index is 0.356. The average molecular weight is 571 g/mol. The third-order valence-electron chi connectivity index (χ3n) is 4.02. The lowest BCUT2D eigenvalue weighted by molar-refractivity contribution is -0.465. The summed E-state index contributed by atoms with van der Waals surface area (Å²) in [5, 5.41) is 8.46. The van der Waals surface area contributed by atoms with Crippen LogP contribution in [0.15, 0.2) is 0 Å². The summed E-state index contributed by atoms with van der Waals surface area (Å²) in [6.07, 6.45) is -7.87. The zero-order valence-electron chi connectivity index (χ0n) is 15.7. The van der Waals surface area contributed by atoms with Gasteiger partial charge in [-0.25, -0.2) is 8.42 Å². The van der Waals surface area contributed by atoms with Gasteiger partial charge in [-0.1, -0.05) is 0 Å². The van der Waals surface area contributed by atoms with Crippen LogP contribution < -0.4 is 0 Å². The molecule has 0 bridgehead atoms. The normalized spacial score (nSPS) is 16.4. The lowest BCUT2D eigenvalue weighted by Gasteiger charge is -2.44. The topological polar surface area (TPSA) is 57.6 Å². The number of sulfonamides is 1. The molecule has 0 atom stereocenters. The molecule has 0 aliphatic carbocycles. The van der Waals surface area contributed by atoms with Gasteiger partial charge in [-0.2, -0.15) is 74.6 Å². The molecule has 0 aliphatic rings. The minimum atomic E-state index is -8.81. The van der Waals surface area contributed by atoms with Gasteiger partial charge in [0.2, 0.25) is 10.0 Å². The lowest BCUT2D eigenvalue weighted by atomic mass is 9.90. The fourth-order valence-electron chi connectivity index (χ4n) is 2.01. The molecule has 0 amide bonds. The van der Waals surface area contributed by atoms with Gasteiger partial charge in [0.25, 0.3) is 0 Å². The molecule has 34 heavy (non-hydrogen) atoms. The van der Waals surface area contributed by atoms with Gasteiger partial charge >= 0.3 is 47.8 Å². The Morgan fingerprint density at radius 2 is 0.882 bits per heavy atom. The molecule has 0 rings (SSSR count). The van der Waals surface area contributed by atoms with Crippen LogP contribution in [-0.2, 0) is 10.0 Å². The van der Waals surface area contributed by atoms with E-state index in [9.17, 15) is 83.1 Å². The maximum Gasteiger partial charge on any atom is 0.460 e. The molecule has 22 heteroatoms. The number of hydrogen-bond donors (Lipinski definition) is 1. The van der Waals surface area contributed by atoms with Crippen molar-refractivity contribution in [2.75, 3.05) is 18.9 Å². The molecule has 0 aromatic rings. The van der Waals surface area contributed by atoms with E-state index in [1.807, 2.05) is 0 Å². The first-order chi connectivity index (χ1) is 14.5. The summed E-state index contributed by atoms with van der Waals surface area (Å²) in [5.74, 6) is -53.1. The molecule has 1 N–H and O–H groups in total. The quantitative estimate of drug-likeness (QED) is 0.292. The summed E-state index contributed by atoms with van der Waals surface area (Å²) in [5.41, 5.74) is 0. The third kappa shape index (κ3) is 4.26. The Hall–Kier alpha value is -1.32. The summed E-state index contributed by atoms with van der Waals surface area (Å²) in [4.78, 5) is 0. The van der Waals surface area contributed by atoms with E-state index < -0.39 is 81.0 Å². The maximum absolute atomic E-state index is 14.0. The van der Waals surface area contributed by atoms with Crippen LogP contribution >= 0.6 is 0 Å². The van der Waals surface area contributed by atoms with Crippen LogP contribution in [0, 0.1) is 0 Å². The fourth-order valence-corrected chi connectivity index (χ4v) is 3.15. The first-order valence-electron chi connectivity index (χ1n) is 7.83. The van der Waals surface area contributed by atoms with Crippen molar-refractivity contribution in [2.45, 2.75) is 54.7 Å². The minimum Gasteiger partial charge on any atom is -0.395 e. The standard InChI is InChI=1S/C12H10F17NO3S/c1-2-34(32,33)30(3-4-31)12(28,29)10(23,24)8(19,20)6(15,16)5(13,14)7(17,18)9(21,22)11(25,26)27/h31H,2-4H2,1H3. The highest BCUT2D eigenvalue weighted by molar-refractivity contribution is 7.89. The van der Waals surface area contributed by atoms with Crippen molar-refractivity contribution >= 4 is 10.0 Å². The van der Waals surface area contributed by atoms with E-state index >= 15 is 0 Å². The SMILES string of the molecule is CCS(=O)(=O)N(CCO)C(F)(F)C(F)(F)C(F)(F)C(F)(F)C(F)(F)C(F)(F)C(F)(F)C(F)(F)F. The van der Waals surface area contributed by atoms with Crippen molar-refractivity contribution in [3.8, 4) is 0 Å². The number of nitrogens with zero attached hydrogens (tertiary/aromatic N) is 1. The molecular weight excluding hydrogens is 561 g/mol. The predicted octanol–water partition coefficient (Wildman–Crippen LogP) is 4.60. The van der Waals surface area contributed by atoms with Crippen molar-refractivity contribution in [1.29, 1.82) is 0 Å². The van der Waals surface area contributed by atoms with E-state index in [1.54, 1.807) is 0 Å². The Balaban J connectivity index is 7.05. The van der Waals surface area contributed by atoms with Gasteiger partial charge in [-0.05, 0) is 6.92 Å². The predicted molar refractivity (Wildman–Crippen MR) is 73.9 cm³/mol. The molecule has 0 aromatic carbocycles. The summed E-state index contributed by atoms with van der Waals surface area (Å²) in [6.45, 7) is -3.88. The van der Waals surface area contributed by atoms with Gasteiger partial charge in [0, 0.05) is 6.54 Å². The highest BCUT2D eigenvalue weighted by Gasteiger charge is 2.95. The number of alkyl halides is 17. The van der Waals surface area contributed by atoms with Crippen LogP contribution in [0.5, 0.6) is 0 Å². The Kier molecular flexibility index (Phi) is 8.32. The number of hydrogen-bond acceptors (Lipinski definition) is 3. The Morgan fingerprint density at radius 1 is 0.588 bits per heavy atom. The van der Waals surface area contributed by atoms with E-state index in [1.165, 1.54) is 0 Å². The van der Waals surface area contributed by atoms with Crippen molar-refractivity contribution in [2.24, 2.45) is 0 Å². The molecule has 206 valence electrons. The van der Waals surface area contributed by atoms with Gasteiger partial charge < -0.3 is 5.11 Å². The van der Waals surface area contributed by atoms with Gasteiger partial charge in [-0.15, -0.1) is 4.31 Å². The summed E-state index contributed by atoms with van der Waals surface area (Å²) in [7, 11) is -5.91. The molecule has 0 saturated carbocycles. The fraction of sp³-hybridized carbons (Fsp3) is 1.00. The monoisotopic (exact) mass is 571 g/mol. The second kappa shape index (κ2) is 8.66. The zero-order chi connectivity index (χ0) is 28.2. The van der Waals surface area contributed by atoms with Gasteiger partial charge in [0.05, 0.1) is 12.4 Å². The van der Waals surface area contributed by atoms with Gasteiger partial charge in [0.1, 0.15) is 0 Å². The van der Waals surface area contributed by atoms with Crippen LogP contribution in [0.1, 0.15) is 6.92 Å². The van der Waals surface area contributed by atoms with Crippen molar-refractivity contribution in [1.82, 2.24) is 4.31 Å². The molecule has 0 radical (unpaired) electrons. The Bertz CT molecular complexity index is 835. The largest absolute Gasteiger partial charge is 0.460 e. The van der Waals surface area contributed by atoms with Crippen molar-refractivity contribution < 1.29 is 88.2 Å². The number of aliphatic hydroxyl groups excluding tert-OH is 1. The number of rotatable bonds is 11. The van der Waals surface area contributed by atoms with Crippen LogP contribution in [0.25, 0.3) is 0 Å². The molecule has 4 nitrogen and oxygen atoms in total. The highest BCUT2D eigenvalue weighted by Crippen LogP contribution is 2.64. The third-order valence-corrected chi connectivity index (χ3v) is 5.84. The summed E-state index contributed by atoms with van der Waals surface area (Å²) >= 11 is 0.